The van der Waals surface area contributed by atoms with Gasteiger partial charge in [0.15, 0.2) is 5.78 Å². The van der Waals surface area contributed by atoms with Crippen molar-refractivity contribution in [3.63, 3.8) is 0 Å². The number of benzene rings is 2. The minimum absolute atomic E-state index is 0.0231. The molecule has 0 heterocycles. The van der Waals surface area contributed by atoms with E-state index < -0.39 is 0 Å². The largest absolute Gasteiger partial charge is 0.399 e. The fourth-order valence-electron chi connectivity index (χ4n) is 1.74. The van der Waals surface area contributed by atoms with Gasteiger partial charge < -0.3 is 5.73 Å². The number of halogens is 1. The summed E-state index contributed by atoms with van der Waals surface area (Å²) in [5.41, 5.74) is 8.84. The van der Waals surface area contributed by atoms with Crippen LogP contribution in [0.3, 0.4) is 0 Å². The highest BCUT2D eigenvalue weighted by atomic mass is 35.5. The van der Waals surface area contributed by atoms with Crippen molar-refractivity contribution in [3.8, 4) is 11.1 Å². The van der Waals surface area contributed by atoms with Gasteiger partial charge in [-0.25, -0.2) is 0 Å². The van der Waals surface area contributed by atoms with Crippen molar-refractivity contribution < 1.29 is 4.79 Å². The summed E-state index contributed by atoms with van der Waals surface area (Å²) in [6.07, 6.45) is 0. The second-order valence-corrected chi connectivity index (χ2v) is 4.30. The van der Waals surface area contributed by atoms with Gasteiger partial charge in [-0.2, -0.15) is 0 Å². The molecule has 0 bridgehead atoms. The van der Waals surface area contributed by atoms with Crippen LogP contribution in [0, 0.1) is 0 Å². The number of nitrogens with two attached hydrogens (primary N) is 1. The van der Waals surface area contributed by atoms with Gasteiger partial charge in [0.05, 0.1) is 0 Å². The molecule has 0 aromatic heterocycles. The van der Waals surface area contributed by atoms with Crippen LogP contribution >= 0.6 is 11.6 Å². The van der Waals surface area contributed by atoms with Crippen LogP contribution in [0.1, 0.15) is 17.3 Å². The Labute approximate surface area is 105 Å². The molecule has 0 saturated heterocycles. The van der Waals surface area contributed by atoms with Crippen molar-refractivity contribution in [2.45, 2.75) is 6.92 Å². The molecule has 3 heteroatoms. The number of Topliss-reactive ketones (excluding diaryl/α,β-unsaturated/α-hetero) is 1. The van der Waals surface area contributed by atoms with Crippen LogP contribution in [-0.4, -0.2) is 5.78 Å². The third kappa shape index (κ3) is 2.48. The topological polar surface area (TPSA) is 43.1 Å². The van der Waals surface area contributed by atoms with E-state index in [1.807, 2.05) is 12.1 Å². The Morgan fingerprint density at radius 3 is 2.35 bits per heavy atom. The average molecular weight is 246 g/mol. The van der Waals surface area contributed by atoms with Gasteiger partial charge >= 0.3 is 0 Å². The summed E-state index contributed by atoms with van der Waals surface area (Å²) >= 11 is 5.84. The second-order valence-electron chi connectivity index (χ2n) is 3.87. The molecule has 0 aliphatic heterocycles. The molecule has 0 amide bonds. The molecule has 0 saturated carbocycles. The van der Waals surface area contributed by atoms with E-state index in [4.69, 9.17) is 17.3 Å². The normalized spacial score (nSPS) is 10.2. The summed E-state index contributed by atoms with van der Waals surface area (Å²) in [4.78, 5) is 11.6. The van der Waals surface area contributed by atoms with Crippen molar-refractivity contribution in [1.29, 1.82) is 0 Å². The molecule has 0 unspecified atom stereocenters. The van der Waals surface area contributed by atoms with E-state index in [1.54, 1.807) is 37.3 Å². The third-order valence-corrected chi connectivity index (χ3v) is 2.83. The van der Waals surface area contributed by atoms with E-state index in [0.29, 0.717) is 16.3 Å². The van der Waals surface area contributed by atoms with E-state index in [0.717, 1.165) is 11.1 Å². The van der Waals surface area contributed by atoms with Crippen LogP contribution in [0.25, 0.3) is 11.1 Å². The SMILES string of the molecule is CC(=O)c1ccc(N)cc1-c1ccc(Cl)cc1. The Balaban J connectivity index is 2.60. The molecule has 17 heavy (non-hydrogen) atoms. The van der Waals surface area contributed by atoms with Crippen LogP contribution in [0.15, 0.2) is 42.5 Å². The predicted molar refractivity (Wildman–Crippen MR) is 71.3 cm³/mol. The highest BCUT2D eigenvalue weighted by molar-refractivity contribution is 6.30. The first-order chi connectivity index (χ1) is 8.08. The molecule has 0 atom stereocenters. The smallest absolute Gasteiger partial charge is 0.160 e. The summed E-state index contributed by atoms with van der Waals surface area (Å²) in [6.45, 7) is 1.55. The fourth-order valence-corrected chi connectivity index (χ4v) is 1.86. The van der Waals surface area contributed by atoms with Gasteiger partial charge in [0.1, 0.15) is 0 Å². The van der Waals surface area contributed by atoms with Crippen LogP contribution in [0.5, 0.6) is 0 Å². The number of hydrogen-bond donors (Lipinski definition) is 1. The molecule has 2 aromatic carbocycles. The van der Waals surface area contributed by atoms with Crippen molar-refractivity contribution in [2.24, 2.45) is 0 Å². The molecule has 2 aromatic rings. The lowest BCUT2D eigenvalue weighted by Crippen LogP contribution is -1.97. The summed E-state index contributed by atoms with van der Waals surface area (Å²) in [5.74, 6) is 0.0231. The van der Waals surface area contributed by atoms with Gasteiger partial charge in [-0.15, -0.1) is 0 Å². The lowest BCUT2D eigenvalue weighted by atomic mass is 9.97. The van der Waals surface area contributed by atoms with Crippen LogP contribution in [0.4, 0.5) is 5.69 Å². The van der Waals surface area contributed by atoms with Crippen molar-refractivity contribution >= 4 is 23.1 Å². The summed E-state index contributed by atoms with van der Waals surface area (Å²) in [5, 5.41) is 0.669. The zero-order valence-electron chi connectivity index (χ0n) is 9.41. The van der Waals surface area contributed by atoms with Gasteiger partial charge in [-0.1, -0.05) is 23.7 Å². The lowest BCUT2D eigenvalue weighted by molar-refractivity contribution is 0.101. The van der Waals surface area contributed by atoms with Gasteiger partial charge in [0, 0.05) is 16.3 Å². The lowest BCUT2D eigenvalue weighted by Gasteiger charge is -2.08. The van der Waals surface area contributed by atoms with Crippen molar-refractivity contribution in [2.75, 3.05) is 5.73 Å². The minimum atomic E-state index is 0.0231. The highest BCUT2D eigenvalue weighted by Crippen LogP contribution is 2.27. The maximum Gasteiger partial charge on any atom is 0.160 e. The first-order valence-electron chi connectivity index (χ1n) is 5.24. The van der Waals surface area contributed by atoms with Gasteiger partial charge in [-0.05, 0) is 48.4 Å². The summed E-state index contributed by atoms with van der Waals surface area (Å²) in [7, 11) is 0. The average Bonchev–Trinajstić information content (AvgIpc) is 2.29. The Kier molecular flexibility index (Phi) is 3.16. The molecule has 0 spiro atoms. The standard InChI is InChI=1S/C14H12ClNO/c1-9(17)13-7-6-12(16)8-14(13)10-2-4-11(15)5-3-10/h2-8H,16H2,1H3. The Hall–Kier alpha value is -1.80. The number of carbonyl (C=O) groups excluding carboxylic acids is 1. The van der Waals surface area contributed by atoms with E-state index in [2.05, 4.69) is 0 Å². The Morgan fingerprint density at radius 2 is 1.76 bits per heavy atom. The van der Waals surface area contributed by atoms with Crippen LogP contribution in [-0.2, 0) is 0 Å². The molecule has 0 radical (unpaired) electrons. The molecule has 0 fully saturated rings. The maximum absolute atomic E-state index is 11.6. The molecule has 0 aliphatic rings. The third-order valence-electron chi connectivity index (χ3n) is 2.58. The van der Waals surface area contributed by atoms with E-state index >= 15 is 0 Å². The van der Waals surface area contributed by atoms with Gasteiger partial charge in [-0.3, -0.25) is 4.79 Å². The molecule has 2 nitrogen and oxygen atoms in total. The molecule has 2 rings (SSSR count). The summed E-state index contributed by atoms with van der Waals surface area (Å²) in [6, 6.07) is 12.6. The quantitative estimate of drug-likeness (QED) is 0.646. The number of ketones is 1. The van der Waals surface area contributed by atoms with E-state index in [1.165, 1.54) is 0 Å². The maximum atomic E-state index is 11.6. The van der Waals surface area contributed by atoms with E-state index in [9.17, 15) is 4.79 Å². The molecular formula is C14H12ClNO. The number of anilines is 1. The number of hydrogen-bond acceptors (Lipinski definition) is 2. The highest BCUT2D eigenvalue weighted by Gasteiger charge is 2.09. The van der Waals surface area contributed by atoms with E-state index in [-0.39, 0.29) is 5.78 Å². The van der Waals surface area contributed by atoms with Crippen LogP contribution in [0.2, 0.25) is 5.02 Å². The van der Waals surface area contributed by atoms with Gasteiger partial charge in [0.2, 0.25) is 0 Å². The van der Waals surface area contributed by atoms with Gasteiger partial charge in [0.25, 0.3) is 0 Å². The molecule has 0 aliphatic carbocycles. The fraction of sp³-hybridized carbons (Fsp3) is 0.0714. The van der Waals surface area contributed by atoms with Crippen molar-refractivity contribution in [1.82, 2.24) is 0 Å². The molecule has 86 valence electrons. The zero-order valence-corrected chi connectivity index (χ0v) is 10.2. The number of carbonyl (C=O) groups is 1. The number of rotatable bonds is 2. The predicted octanol–water partition coefficient (Wildman–Crippen LogP) is 3.79. The summed E-state index contributed by atoms with van der Waals surface area (Å²) < 4.78 is 0. The van der Waals surface area contributed by atoms with Crippen LogP contribution < -0.4 is 5.73 Å². The minimum Gasteiger partial charge on any atom is -0.399 e. The first-order valence-corrected chi connectivity index (χ1v) is 5.62. The second kappa shape index (κ2) is 4.60. The van der Waals surface area contributed by atoms with Crippen molar-refractivity contribution in [3.05, 3.63) is 53.1 Å². The monoisotopic (exact) mass is 245 g/mol. The number of nitrogen functional groups attached to an aromatic ring is 1. The Bertz CT molecular complexity index is 561. The Morgan fingerprint density at radius 1 is 1.12 bits per heavy atom. The molecular weight excluding hydrogens is 234 g/mol. The molecule has 2 N–H and O–H groups in total. The zero-order chi connectivity index (χ0) is 12.4. The first kappa shape index (κ1) is 11.7.